The lowest BCUT2D eigenvalue weighted by Gasteiger charge is -2.63. The lowest BCUT2D eigenvalue weighted by Crippen LogP contribution is -2.56. The van der Waals surface area contributed by atoms with Crippen LogP contribution in [0.1, 0.15) is 120 Å². The predicted octanol–water partition coefficient (Wildman–Crippen LogP) is 15.3. The summed E-state index contributed by atoms with van der Waals surface area (Å²) in [4.78, 5) is 2.56. The van der Waals surface area contributed by atoms with E-state index in [4.69, 9.17) is 4.74 Å². The molecule has 6 aliphatic carbocycles. The van der Waals surface area contributed by atoms with E-state index in [1.165, 1.54) is 111 Å². The first-order valence-electron chi connectivity index (χ1n) is 22.6. The summed E-state index contributed by atoms with van der Waals surface area (Å²) in [6.07, 6.45) is 9.29. The van der Waals surface area contributed by atoms with Gasteiger partial charge in [-0.3, -0.25) is 0 Å². The molecule has 0 N–H and O–H groups in total. The van der Waals surface area contributed by atoms with Crippen molar-refractivity contribution in [3.8, 4) is 33.8 Å². The van der Waals surface area contributed by atoms with Crippen LogP contribution in [0.2, 0.25) is 0 Å². The molecule has 296 valence electrons. The van der Waals surface area contributed by atoms with Gasteiger partial charge in [0.15, 0.2) is 0 Å². The average molecular weight is 772 g/mol. The van der Waals surface area contributed by atoms with E-state index < -0.39 is 0 Å². The molecular formula is C57H57NO. The first kappa shape index (κ1) is 35.8. The smallest absolute Gasteiger partial charge is 0.132 e. The molecule has 0 amide bonds. The normalized spacial score (nSPS) is 26.6. The van der Waals surface area contributed by atoms with Crippen molar-refractivity contribution in [1.82, 2.24) is 0 Å². The molecule has 6 aromatic carbocycles. The number of hydrogen-bond acceptors (Lipinski definition) is 2. The highest BCUT2D eigenvalue weighted by Gasteiger charge is 2.61. The fourth-order valence-corrected chi connectivity index (χ4v) is 14.0. The van der Waals surface area contributed by atoms with Crippen molar-refractivity contribution in [2.24, 2.45) is 23.7 Å². The van der Waals surface area contributed by atoms with Gasteiger partial charge in [0.1, 0.15) is 11.5 Å². The van der Waals surface area contributed by atoms with E-state index in [0.29, 0.717) is 11.8 Å². The monoisotopic (exact) mass is 771 g/mol. The molecule has 2 nitrogen and oxygen atoms in total. The van der Waals surface area contributed by atoms with E-state index in [1.807, 2.05) is 0 Å². The van der Waals surface area contributed by atoms with Gasteiger partial charge in [0.05, 0.1) is 5.69 Å². The Morgan fingerprint density at radius 1 is 0.475 bits per heavy atom. The molecule has 4 bridgehead atoms. The Balaban J connectivity index is 0.978. The van der Waals surface area contributed by atoms with Gasteiger partial charge in [0.2, 0.25) is 0 Å². The fourth-order valence-electron chi connectivity index (χ4n) is 14.0. The first-order valence-corrected chi connectivity index (χ1v) is 22.6. The maximum Gasteiger partial charge on any atom is 0.132 e. The second-order valence-electron chi connectivity index (χ2n) is 21.2. The minimum Gasteiger partial charge on any atom is -0.457 e. The summed E-state index contributed by atoms with van der Waals surface area (Å²) in [5, 5.41) is 0. The van der Waals surface area contributed by atoms with Gasteiger partial charge in [-0.2, -0.15) is 0 Å². The highest BCUT2D eigenvalue weighted by Crippen LogP contribution is 2.69. The molecule has 0 radical (unpaired) electrons. The van der Waals surface area contributed by atoms with Crippen LogP contribution >= 0.6 is 0 Å². The Hall–Kier alpha value is -5.08. The SMILES string of the molecule is CC1(C)CCC(C)(C)c2c(N(c3ccc(-c4ccc5c(c4)Oc4ccccc4C54C5CC6CC(C5)CC4C6)cc3)c3ccc4c(c3)C(C)(C)c3ccccc3-4)cccc21. The number of para-hydroxylation sites is 1. The lowest BCUT2D eigenvalue weighted by molar-refractivity contribution is -0.0452. The Morgan fingerprint density at radius 3 is 1.85 bits per heavy atom. The third kappa shape index (κ3) is 4.98. The van der Waals surface area contributed by atoms with E-state index in [9.17, 15) is 0 Å². The number of anilines is 3. The van der Waals surface area contributed by atoms with Crippen LogP contribution in [-0.2, 0) is 21.7 Å². The first-order chi connectivity index (χ1) is 28.4. The molecule has 0 aromatic heterocycles. The minimum atomic E-state index is -0.0842. The molecule has 6 aromatic rings. The second-order valence-corrected chi connectivity index (χ2v) is 21.2. The number of fused-ring (bicyclic) bond motifs is 6. The molecule has 7 aliphatic rings. The predicted molar refractivity (Wildman–Crippen MR) is 244 cm³/mol. The van der Waals surface area contributed by atoms with Gasteiger partial charge >= 0.3 is 0 Å². The molecule has 0 atom stereocenters. The Bertz CT molecular complexity index is 2660. The summed E-state index contributed by atoms with van der Waals surface area (Å²) < 4.78 is 6.91. The maximum absolute atomic E-state index is 6.91. The van der Waals surface area contributed by atoms with Gasteiger partial charge in [-0.15, -0.1) is 0 Å². The quantitative estimate of drug-likeness (QED) is 0.177. The van der Waals surface area contributed by atoms with Crippen LogP contribution in [0, 0.1) is 23.7 Å². The minimum absolute atomic E-state index is 0.0439. The van der Waals surface area contributed by atoms with Crippen LogP contribution in [0.15, 0.2) is 127 Å². The van der Waals surface area contributed by atoms with Crippen molar-refractivity contribution in [1.29, 1.82) is 0 Å². The van der Waals surface area contributed by atoms with Crippen molar-refractivity contribution in [2.75, 3.05) is 4.90 Å². The summed E-state index contributed by atoms with van der Waals surface area (Å²) in [7, 11) is 0. The van der Waals surface area contributed by atoms with E-state index in [0.717, 1.165) is 29.8 Å². The van der Waals surface area contributed by atoms with Gasteiger partial charge in [-0.25, -0.2) is 0 Å². The Labute approximate surface area is 351 Å². The molecule has 0 unspecified atom stereocenters. The molecule has 1 aliphatic heterocycles. The van der Waals surface area contributed by atoms with Crippen LogP contribution in [-0.4, -0.2) is 0 Å². The van der Waals surface area contributed by atoms with Gasteiger partial charge < -0.3 is 9.64 Å². The summed E-state index contributed by atoms with van der Waals surface area (Å²) in [5.41, 5.74) is 17.7. The van der Waals surface area contributed by atoms with E-state index in [2.05, 4.69) is 174 Å². The van der Waals surface area contributed by atoms with Crippen molar-refractivity contribution < 1.29 is 4.74 Å². The van der Waals surface area contributed by atoms with E-state index >= 15 is 0 Å². The van der Waals surface area contributed by atoms with Crippen molar-refractivity contribution in [3.63, 3.8) is 0 Å². The van der Waals surface area contributed by atoms with Crippen LogP contribution in [0.25, 0.3) is 22.3 Å². The highest BCUT2D eigenvalue weighted by atomic mass is 16.5. The number of hydrogen-bond donors (Lipinski definition) is 0. The summed E-state index contributed by atoms with van der Waals surface area (Å²) in [6.45, 7) is 14.6. The Morgan fingerprint density at radius 2 is 1.08 bits per heavy atom. The molecule has 13 rings (SSSR count). The van der Waals surface area contributed by atoms with Gasteiger partial charge in [0.25, 0.3) is 0 Å². The third-order valence-corrected chi connectivity index (χ3v) is 16.8. The summed E-state index contributed by atoms with van der Waals surface area (Å²) >= 11 is 0. The highest BCUT2D eigenvalue weighted by molar-refractivity contribution is 5.87. The number of rotatable bonds is 4. The Kier molecular flexibility index (Phi) is 7.44. The number of nitrogens with zero attached hydrogens (tertiary/aromatic N) is 1. The van der Waals surface area contributed by atoms with Gasteiger partial charge in [-0.05, 0) is 166 Å². The summed E-state index contributed by atoms with van der Waals surface area (Å²) in [6, 6.07) is 49.0. The second kappa shape index (κ2) is 12.2. The van der Waals surface area contributed by atoms with Gasteiger partial charge in [-0.1, -0.05) is 126 Å². The number of ether oxygens (including phenoxy) is 1. The molecule has 59 heavy (non-hydrogen) atoms. The zero-order chi connectivity index (χ0) is 40.1. The average Bonchev–Trinajstić information content (AvgIpc) is 3.46. The van der Waals surface area contributed by atoms with E-state index in [1.54, 1.807) is 0 Å². The van der Waals surface area contributed by atoms with E-state index in [-0.39, 0.29) is 21.7 Å². The van der Waals surface area contributed by atoms with Crippen LogP contribution in [0.3, 0.4) is 0 Å². The van der Waals surface area contributed by atoms with Crippen LogP contribution < -0.4 is 9.64 Å². The standard InChI is InChI=1S/C57H57NO/c1-54(2)26-27-55(3,4)53-48(54)15-11-16-50(53)58(42-23-24-44-43-12-7-8-13-45(43)56(5,6)49(44)34-42)41-21-18-37(19-22-41)38-20-25-47-52(33-38)59-51-17-10-9-14-46(51)57(47)39-29-35-28-36(31-39)32-40(57)30-35/h7-25,33-36,39-40H,26-32H2,1-6H3. The maximum atomic E-state index is 6.91. The topological polar surface area (TPSA) is 12.5 Å². The molecule has 2 heteroatoms. The zero-order valence-corrected chi connectivity index (χ0v) is 35.7. The number of benzene rings is 6. The largest absolute Gasteiger partial charge is 0.457 e. The van der Waals surface area contributed by atoms with Crippen LogP contribution in [0.5, 0.6) is 11.5 Å². The van der Waals surface area contributed by atoms with Crippen molar-refractivity contribution in [2.45, 2.75) is 108 Å². The molecule has 0 saturated heterocycles. The molecular weight excluding hydrogens is 715 g/mol. The molecule has 1 spiro atoms. The molecule has 4 saturated carbocycles. The van der Waals surface area contributed by atoms with Gasteiger partial charge in [0, 0.05) is 33.3 Å². The lowest BCUT2D eigenvalue weighted by atomic mass is 9.42. The van der Waals surface area contributed by atoms with Crippen molar-refractivity contribution in [3.05, 3.63) is 161 Å². The zero-order valence-electron chi connectivity index (χ0n) is 35.7. The van der Waals surface area contributed by atoms with Crippen LogP contribution in [0.4, 0.5) is 17.1 Å². The molecule has 1 heterocycles. The summed E-state index contributed by atoms with van der Waals surface area (Å²) in [5.74, 6) is 5.39. The molecule has 4 fully saturated rings. The fraction of sp³-hybridized carbons (Fsp3) is 0.368. The third-order valence-electron chi connectivity index (χ3n) is 16.8. The van der Waals surface area contributed by atoms with Crippen molar-refractivity contribution >= 4 is 17.1 Å².